The van der Waals surface area contributed by atoms with Gasteiger partial charge in [-0.1, -0.05) is 6.07 Å². The molecule has 0 spiro atoms. The van der Waals surface area contributed by atoms with Gasteiger partial charge in [-0.3, -0.25) is 14.5 Å². The van der Waals surface area contributed by atoms with E-state index in [1.807, 2.05) is 0 Å². The van der Waals surface area contributed by atoms with Crippen LogP contribution in [0.25, 0.3) is 0 Å². The maximum absolute atomic E-state index is 12.2. The standard InChI is InChI=1S/C12H12N2O2S/c13-9-3-1-2-8-10(9)12(16)14(11(8)15)7-4-5-17-6-7/h1-3,7H,4-6,13H2. The third-order valence-electron chi connectivity index (χ3n) is 3.25. The van der Waals surface area contributed by atoms with Crippen LogP contribution in [0.1, 0.15) is 27.1 Å². The quantitative estimate of drug-likeness (QED) is 0.602. The molecule has 2 aliphatic rings. The number of hydrogen-bond donors (Lipinski definition) is 1. The van der Waals surface area contributed by atoms with E-state index in [0.717, 1.165) is 17.9 Å². The number of nitrogen functional groups attached to an aromatic ring is 1. The Balaban J connectivity index is 2.05. The Morgan fingerprint density at radius 3 is 2.76 bits per heavy atom. The van der Waals surface area contributed by atoms with Crippen molar-refractivity contribution >= 4 is 29.3 Å². The SMILES string of the molecule is Nc1cccc2c1C(=O)N(C1CCSC1)C2=O. The first-order valence-electron chi connectivity index (χ1n) is 5.54. The Bertz CT molecular complexity index is 509. The van der Waals surface area contributed by atoms with Crippen molar-refractivity contribution < 1.29 is 9.59 Å². The summed E-state index contributed by atoms with van der Waals surface area (Å²) in [5.41, 5.74) is 7.01. The van der Waals surface area contributed by atoms with Gasteiger partial charge in [0.1, 0.15) is 0 Å². The van der Waals surface area contributed by atoms with E-state index < -0.39 is 0 Å². The zero-order chi connectivity index (χ0) is 12.0. The average molecular weight is 248 g/mol. The molecule has 5 heteroatoms. The van der Waals surface area contributed by atoms with E-state index in [0.29, 0.717) is 16.8 Å². The summed E-state index contributed by atoms with van der Waals surface area (Å²) in [4.78, 5) is 25.8. The first-order chi connectivity index (χ1) is 8.20. The minimum Gasteiger partial charge on any atom is -0.398 e. The van der Waals surface area contributed by atoms with Gasteiger partial charge >= 0.3 is 0 Å². The minimum absolute atomic E-state index is 0.0341. The molecule has 1 atom stereocenters. The third-order valence-corrected chi connectivity index (χ3v) is 4.39. The van der Waals surface area contributed by atoms with E-state index in [9.17, 15) is 9.59 Å². The predicted molar refractivity (Wildman–Crippen MR) is 67.1 cm³/mol. The molecular weight excluding hydrogens is 236 g/mol. The summed E-state index contributed by atoms with van der Waals surface area (Å²) in [7, 11) is 0. The van der Waals surface area contributed by atoms with Crippen LogP contribution in [0.2, 0.25) is 0 Å². The molecule has 1 saturated heterocycles. The largest absolute Gasteiger partial charge is 0.398 e. The average Bonchev–Trinajstić information content (AvgIpc) is 2.88. The van der Waals surface area contributed by atoms with E-state index in [1.54, 1.807) is 30.0 Å². The van der Waals surface area contributed by atoms with Crippen LogP contribution >= 0.6 is 11.8 Å². The van der Waals surface area contributed by atoms with Crippen LogP contribution in [0, 0.1) is 0 Å². The first-order valence-corrected chi connectivity index (χ1v) is 6.69. The van der Waals surface area contributed by atoms with Crippen LogP contribution < -0.4 is 5.73 Å². The van der Waals surface area contributed by atoms with Crippen molar-refractivity contribution in [2.24, 2.45) is 0 Å². The lowest BCUT2D eigenvalue weighted by molar-refractivity contribution is 0.0602. The van der Waals surface area contributed by atoms with Gasteiger partial charge in [-0.25, -0.2) is 0 Å². The zero-order valence-corrected chi connectivity index (χ0v) is 10.00. The third kappa shape index (κ3) is 1.45. The summed E-state index contributed by atoms with van der Waals surface area (Å²) in [5, 5.41) is 0. The van der Waals surface area contributed by atoms with Crippen molar-refractivity contribution in [1.82, 2.24) is 4.90 Å². The number of rotatable bonds is 1. The summed E-state index contributed by atoms with van der Waals surface area (Å²) >= 11 is 1.78. The Labute approximate surface area is 103 Å². The fraction of sp³-hybridized carbons (Fsp3) is 0.333. The number of nitrogens with two attached hydrogens (primary N) is 1. The molecule has 1 fully saturated rings. The molecule has 88 valence electrons. The first kappa shape index (κ1) is 10.7. The second-order valence-electron chi connectivity index (χ2n) is 4.27. The van der Waals surface area contributed by atoms with Crippen molar-refractivity contribution in [1.29, 1.82) is 0 Å². The number of nitrogens with zero attached hydrogens (tertiary/aromatic N) is 1. The van der Waals surface area contributed by atoms with Gasteiger partial charge in [-0.15, -0.1) is 0 Å². The van der Waals surface area contributed by atoms with Gasteiger partial charge < -0.3 is 5.73 Å². The molecule has 2 heterocycles. The lowest BCUT2D eigenvalue weighted by Crippen LogP contribution is -2.39. The number of imide groups is 1. The number of anilines is 1. The van der Waals surface area contributed by atoms with Gasteiger partial charge in [0.15, 0.2) is 0 Å². The molecule has 1 aromatic rings. The highest BCUT2D eigenvalue weighted by molar-refractivity contribution is 7.99. The molecule has 2 amide bonds. The van der Waals surface area contributed by atoms with Crippen LogP contribution in [-0.4, -0.2) is 34.3 Å². The summed E-state index contributed by atoms with van der Waals surface area (Å²) < 4.78 is 0. The summed E-state index contributed by atoms with van der Waals surface area (Å²) in [5.74, 6) is 1.43. The van der Waals surface area contributed by atoms with Crippen molar-refractivity contribution in [3.05, 3.63) is 29.3 Å². The number of hydrogen-bond acceptors (Lipinski definition) is 4. The lowest BCUT2D eigenvalue weighted by atomic mass is 10.1. The minimum atomic E-state index is -0.226. The van der Waals surface area contributed by atoms with Crippen LogP contribution in [0.3, 0.4) is 0 Å². The van der Waals surface area contributed by atoms with E-state index in [1.165, 1.54) is 4.90 Å². The Hall–Kier alpha value is -1.49. The number of carbonyl (C=O) groups excluding carboxylic acids is 2. The van der Waals surface area contributed by atoms with Gasteiger partial charge in [0.25, 0.3) is 11.8 Å². The van der Waals surface area contributed by atoms with Gasteiger partial charge in [-0.2, -0.15) is 11.8 Å². The molecule has 0 saturated carbocycles. The maximum atomic E-state index is 12.2. The highest BCUT2D eigenvalue weighted by atomic mass is 32.2. The van der Waals surface area contributed by atoms with Gasteiger partial charge in [0.05, 0.1) is 17.2 Å². The van der Waals surface area contributed by atoms with Gasteiger partial charge in [-0.05, 0) is 24.3 Å². The zero-order valence-electron chi connectivity index (χ0n) is 9.18. The van der Waals surface area contributed by atoms with Gasteiger partial charge in [0.2, 0.25) is 0 Å². The molecule has 0 aromatic heterocycles. The van der Waals surface area contributed by atoms with Crippen molar-refractivity contribution in [2.75, 3.05) is 17.2 Å². The molecule has 0 bridgehead atoms. The lowest BCUT2D eigenvalue weighted by Gasteiger charge is -2.20. The summed E-state index contributed by atoms with van der Waals surface area (Å²) in [6.45, 7) is 0. The van der Waals surface area contributed by atoms with E-state index in [4.69, 9.17) is 5.73 Å². The highest BCUT2D eigenvalue weighted by Gasteiger charge is 2.41. The molecule has 0 radical (unpaired) electrons. The molecule has 2 aliphatic heterocycles. The summed E-state index contributed by atoms with van der Waals surface area (Å²) in [6, 6.07) is 5.09. The van der Waals surface area contributed by atoms with Crippen molar-refractivity contribution in [3.8, 4) is 0 Å². The molecule has 3 rings (SSSR count). The van der Waals surface area contributed by atoms with Crippen LogP contribution in [0.15, 0.2) is 18.2 Å². The number of amides is 2. The van der Waals surface area contributed by atoms with Gasteiger partial charge in [0, 0.05) is 11.4 Å². The molecule has 1 unspecified atom stereocenters. The highest BCUT2D eigenvalue weighted by Crippen LogP contribution is 2.33. The fourth-order valence-corrected chi connectivity index (χ4v) is 3.58. The number of thioether (sulfide) groups is 1. The van der Waals surface area contributed by atoms with E-state index in [-0.39, 0.29) is 17.9 Å². The number of benzene rings is 1. The predicted octanol–water partition coefficient (Wildman–Crippen LogP) is 1.37. The number of fused-ring (bicyclic) bond motifs is 1. The van der Waals surface area contributed by atoms with Crippen LogP contribution in [0.5, 0.6) is 0 Å². The second-order valence-corrected chi connectivity index (χ2v) is 5.42. The van der Waals surface area contributed by atoms with E-state index in [2.05, 4.69) is 0 Å². The van der Waals surface area contributed by atoms with Crippen LogP contribution in [0.4, 0.5) is 5.69 Å². The van der Waals surface area contributed by atoms with Crippen molar-refractivity contribution in [2.45, 2.75) is 12.5 Å². The Morgan fingerprint density at radius 1 is 1.29 bits per heavy atom. The van der Waals surface area contributed by atoms with Crippen molar-refractivity contribution in [3.63, 3.8) is 0 Å². The molecule has 0 aliphatic carbocycles. The van der Waals surface area contributed by atoms with Crippen LogP contribution in [-0.2, 0) is 0 Å². The number of carbonyl (C=O) groups is 2. The molecule has 2 N–H and O–H groups in total. The molecular formula is C12H12N2O2S. The second kappa shape index (κ2) is 3.77. The Morgan fingerprint density at radius 2 is 2.12 bits per heavy atom. The molecule has 17 heavy (non-hydrogen) atoms. The maximum Gasteiger partial charge on any atom is 0.263 e. The normalized spacial score (nSPS) is 23.3. The molecule has 1 aromatic carbocycles. The molecule has 4 nitrogen and oxygen atoms in total. The van der Waals surface area contributed by atoms with E-state index >= 15 is 0 Å². The monoisotopic (exact) mass is 248 g/mol. The summed E-state index contributed by atoms with van der Waals surface area (Å²) in [6.07, 6.45) is 0.885. The topological polar surface area (TPSA) is 63.4 Å². The Kier molecular flexibility index (Phi) is 2.36. The smallest absolute Gasteiger partial charge is 0.263 e. The fourth-order valence-electron chi connectivity index (χ4n) is 2.39.